The van der Waals surface area contributed by atoms with Crippen molar-refractivity contribution in [2.24, 2.45) is 0 Å². The highest BCUT2D eigenvalue weighted by Crippen LogP contribution is 2.27. The number of carbonyl (C=O) groups excluding carboxylic acids is 1. The number of hydrogen-bond acceptors (Lipinski definition) is 3. The SMILES string of the molecule is CS(=O)(=O)c1ccc(-c2cc(C=O)cn2-c2ccc(F)cc2)cc1. The van der Waals surface area contributed by atoms with Crippen LogP contribution >= 0.6 is 0 Å². The van der Waals surface area contributed by atoms with E-state index in [9.17, 15) is 17.6 Å². The van der Waals surface area contributed by atoms with E-state index in [-0.39, 0.29) is 10.7 Å². The van der Waals surface area contributed by atoms with Gasteiger partial charge < -0.3 is 4.57 Å². The Bertz CT molecular complexity index is 988. The number of benzene rings is 2. The van der Waals surface area contributed by atoms with E-state index in [2.05, 4.69) is 0 Å². The Kier molecular flexibility index (Phi) is 4.07. The van der Waals surface area contributed by atoms with Gasteiger partial charge in [0.2, 0.25) is 0 Å². The molecule has 0 saturated carbocycles. The summed E-state index contributed by atoms with van der Waals surface area (Å²) in [5.41, 5.74) is 2.64. The van der Waals surface area contributed by atoms with Crippen molar-refractivity contribution in [1.29, 1.82) is 0 Å². The number of hydrogen-bond donors (Lipinski definition) is 0. The quantitative estimate of drug-likeness (QED) is 0.681. The topological polar surface area (TPSA) is 56.1 Å². The number of rotatable bonds is 4. The smallest absolute Gasteiger partial charge is 0.175 e. The summed E-state index contributed by atoms with van der Waals surface area (Å²) < 4.78 is 38.0. The minimum absolute atomic E-state index is 0.224. The first-order valence-electron chi connectivity index (χ1n) is 7.12. The van der Waals surface area contributed by atoms with Crippen molar-refractivity contribution in [3.8, 4) is 16.9 Å². The van der Waals surface area contributed by atoms with E-state index >= 15 is 0 Å². The molecule has 122 valence electrons. The molecular weight excluding hydrogens is 329 g/mol. The van der Waals surface area contributed by atoms with Crippen LogP contribution in [0.15, 0.2) is 65.7 Å². The van der Waals surface area contributed by atoms with Gasteiger partial charge in [-0.3, -0.25) is 4.79 Å². The molecule has 0 bridgehead atoms. The van der Waals surface area contributed by atoms with E-state index < -0.39 is 9.84 Å². The van der Waals surface area contributed by atoms with Crippen molar-refractivity contribution in [2.75, 3.05) is 6.26 Å². The van der Waals surface area contributed by atoms with E-state index in [1.54, 1.807) is 41.1 Å². The molecule has 0 unspecified atom stereocenters. The number of carbonyl (C=O) groups is 1. The Morgan fingerprint density at radius 1 is 1.00 bits per heavy atom. The third kappa shape index (κ3) is 3.14. The molecule has 0 aliphatic rings. The van der Waals surface area contributed by atoms with E-state index in [0.29, 0.717) is 16.9 Å². The minimum Gasteiger partial charge on any atom is -0.316 e. The first kappa shape index (κ1) is 16.1. The molecule has 24 heavy (non-hydrogen) atoms. The molecule has 0 fully saturated rings. The molecule has 4 nitrogen and oxygen atoms in total. The van der Waals surface area contributed by atoms with Gasteiger partial charge in [-0.05, 0) is 48.0 Å². The number of aldehydes is 1. The van der Waals surface area contributed by atoms with Gasteiger partial charge in [-0.2, -0.15) is 0 Å². The lowest BCUT2D eigenvalue weighted by atomic mass is 10.1. The number of sulfone groups is 1. The first-order chi connectivity index (χ1) is 11.4. The van der Waals surface area contributed by atoms with Gasteiger partial charge in [-0.15, -0.1) is 0 Å². The molecular formula is C18H14FNO3S. The van der Waals surface area contributed by atoms with Crippen LogP contribution in [0.25, 0.3) is 16.9 Å². The van der Waals surface area contributed by atoms with Crippen molar-refractivity contribution in [3.63, 3.8) is 0 Å². The van der Waals surface area contributed by atoms with Gasteiger partial charge in [0.15, 0.2) is 16.1 Å². The summed E-state index contributed by atoms with van der Waals surface area (Å²) in [5, 5.41) is 0. The zero-order valence-electron chi connectivity index (χ0n) is 12.8. The van der Waals surface area contributed by atoms with Crippen LogP contribution in [0.1, 0.15) is 10.4 Å². The summed E-state index contributed by atoms with van der Waals surface area (Å²) in [6, 6.07) is 14.0. The zero-order chi connectivity index (χ0) is 17.3. The third-order valence-electron chi connectivity index (χ3n) is 3.66. The fourth-order valence-electron chi connectivity index (χ4n) is 2.46. The number of aromatic nitrogens is 1. The minimum atomic E-state index is -3.27. The molecule has 2 aromatic carbocycles. The normalized spacial score (nSPS) is 11.4. The predicted octanol–water partition coefficient (Wildman–Crippen LogP) is 3.50. The van der Waals surface area contributed by atoms with Gasteiger partial charge in [0.05, 0.1) is 10.6 Å². The van der Waals surface area contributed by atoms with Crippen LogP contribution in [-0.4, -0.2) is 25.5 Å². The average molecular weight is 343 g/mol. The highest BCUT2D eigenvalue weighted by Gasteiger charge is 2.12. The van der Waals surface area contributed by atoms with Gasteiger partial charge in [0, 0.05) is 23.7 Å². The van der Waals surface area contributed by atoms with Crippen molar-refractivity contribution >= 4 is 16.1 Å². The molecule has 1 aromatic heterocycles. The molecule has 6 heteroatoms. The highest BCUT2D eigenvalue weighted by molar-refractivity contribution is 7.90. The van der Waals surface area contributed by atoms with E-state index in [1.165, 1.54) is 24.3 Å². The van der Waals surface area contributed by atoms with Crippen LogP contribution in [0.5, 0.6) is 0 Å². The molecule has 3 aromatic rings. The molecule has 0 amide bonds. The Morgan fingerprint density at radius 3 is 2.17 bits per heavy atom. The standard InChI is InChI=1S/C18H14FNO3S/c1-24(22,23)17-8-2-14(3-9-17)18-10-13(12-21)11-20(18)16-6-4-15(19)5-7-16/h2-12H,1H3. The monoisotopic (exact) mass is 343 g/mol. The largest absolute Gasteiger partial charge is 0.316 e. The molecule has 1 heterocycles. The van der Waals surface area contributed by atoms with E-state index in [4.69, 9.17) is 0 Å². The second kappa shape index (κ2) is 6.05. The Hall–Kier alpha value is -2.73. The summed E-state index contributed by atoms with van der Waals surface area (Å²) in [5.74, 6) is -0.347. The summed E-state index contributed by atoms with van der Waals surface area (Å²) in [6.07, 6.45) is 3.53. The van der Waals surface area contributed by atoms with Crippen LogP contribution in [0.3, 0.4) is 0 Å². The van der Waals surface area contributed by atoms with Gasteiger partial charge in [0.25, 0.3) is 0 Å². The Labute approximate surface area is 139 Å². The Balaban J connectivity index is 2.12. The molecule has 0 aliphatic heterocycles. The van der Waals surface area contributed by atoms with Crippen LogP contribution in [-0.2, 0) is 9.84 Å². The van der Waals surface area contributed by atoms with E-state index in [0.717, 1.165) is 18.1 Å². The Morgan fingerprint density at radius 2 is 1.62 bits per heavy atom. The lowest BCUT2D eigenvalue weighted by molar-refractivity contribution is 0.112. The van der Waals surface area contributed by atoms with Gasteiger partial charge in [0.1, 0.15) is 5.82 Å². The first-order valence-corrected chi connectivity index (χ1v) is 9.01. The maximum atomic E-state index is 13.1. The summed E-state index contributed by atoms with van der Waals surface area (Å²) >= 11 is 0. The third-order valence-corrected chi connectivity index (χ3v) is 4.79. The van der Waals surface area contributed by atoms with Gasteiger partial charge in [-0.1, -0.05) is 12.1 Å². The van der Waals surface area contributed by atoms with Crippen LogP contribution < -0.4 is 0 Å². The molecule has 0 radical (unpaired) electrons. The maximum Gasteiger partial charge on any atom is 0.175 e. The maximum absolute atomic E-state index is 13.1. The lowest BCUT2D eigenvalue weighted by Gasteiger charge is -2.10. The molecule has 0 saturated heterocycles. The van der Waals surface area contributed by atoms with Gasteiger partial charge in [-0.25, -0.2) is 12.8 Å². The molecule has 0 N–H and O–H groups in total. The van der Waals surface area contributed by atoms with Crippen molar-refractivity contribution in [1.82, 2.24) is 4.57 Å². The summed E-state index contributed by atoms with van der Waals surface area (Å²) in [7, 11) is -3.27. The lowest BCUT2D eigenvalue weighted by Crippen LogP contribution is -1.98. The molecule has 0 spiro atoms. The van der Waals surface area contributed by atoms with Crippen molar-refractivity contribution < 1.29 is 17.6 Å². The van der Waals surface area contributed by atoms with Crippen LogP contribution in [0.2, 0.25) is 0 Å². The van der Waals surface area contributed by atoms with E-state index in [1.807, 2.05) is 0 Å². The molecule has 0 aliphatic carbocycles. The fraction of sp³-hybridized carbons (Fsp3) is 0.0556. The number of halogens is 1. The average Bonchev–Trinajstić information content (AvgIpc) is 2.99. The second-order valence-electron chi connectivity index (χ2n) is 5.42. The molecule has 0 atom stereocenters. The highest BCUT2D eigenvalue weighted by atomic mass is 32.2. The van der Waals surface area contributed by atoms with Crippen molar-refractivity contribution in [3.05, 3.63) is 72.2 Å². The van der Waals surface area contributed by atoms with Gasteiger partial charge >= 0.3 is 0 Å². The fourth-order valence-corrected chi connectivity index (χ4v) is 3.09. The molecule has 3 rings (SSSR count). The second-order valence-corrected chi connectivity index (χ2v) is 7.44. The number of nitrogens with zero attached hydrogens (tertiary/aromatic N) is 1. The van der Waals surface area contributed by atoms with Crippen molar-refractivity contribution in [2.45, 2.75) is 4.90 Å². The van der Waals surface area contributed by atoms with Crippen LogP contribution in [0, 0.1) is 5.82 Å². The summed E-state index contributed by atoms with van der Waals surface area (Å²) in [6.45, 7) is 0. The summed E-state index contributed by atoms with van der Waals surface area (Å²) in [4.78, 5) is 11.3. The predicted molar refractivity (Wildman–Crippen MR) is 89.7 cm³/mol. The zero-order valence-corrected chi connectivity index (χ0v) is 13.6. The van der Waals surface area contributed by atoms with Crippen LogP contribution in [0.4, 0.5) is 4.39 Å².